The molecule has 2 rings (SSSR count). The Bertz CT molecular complexity index is 676. The van der Waals surface area contributed by atoms with Crippen LogP contribution < -0.4 is 10.0 Å². The monoisotopic (exact) mass is 482 g/mol. The number of nitrogens with one attached hydrogen (secondary N) is 2. The van der Waals surface area contributed by atoms with Crippen LogP contribution in [0.4, 0.5) is 0 Å². The van der Waals surface area contributed by atoms with Gasteiger partial charge in [0.25, 0.3) is 0 Å². The fourth-order valence-corrected chi connectivity index (χ4v) is 3.51. The Morgan fingerprint density at radius 2 is 2.20 bits per heavy atom. The van der Waals surface area contributed by atoms with Gasteiger partial charge in [-0.1, -0.05) is 12.1 Å². The van der Waals surface area contributed by atoms with Gasteiger partial charge in [0, 0.05) is 39.7 Å². The summed E-state index contributed by atoms with van der Waals surface area (Å²) in [5.41, 5.74) is 0.880. The van der Waals surface area contributed by atoms with Crippen molar-refractivity contribution in [3.8, 4) is 0 Å². The molecule has 0 bridgehead atoms. The summed E-state index contributed by atoms with van der Waals surface area (Å²) in [5.74, 6) is 1.31. The Balaban J connectivity index is 0.00000312. The first-order valence-electron chi connectivity index (χ1n) is 7.98. The summed E-state index contributed by atoms with van der Waals surface area (Å²) in [6.45, 7) is 3.02. The van der Waals surface area contributed by atoms with E-state index in [0.29, 0.717) is 12.5 Å². The second kappa shape index (κ2) is 10.3. The third kappa shape index (κ3) is 6.39. The van der Waals surface area contributed by atoms with Crippen LogP contribution in [0.3, 0.4) is 0 Å². The van der Waals surface area contributed by atoms with Crippen molar-refractivity contribution in [3.05, 3.63) is 29.8 Å². The van der Waals surface area contributed by atoms with Crippen LogP contribution in [-0.4, -0.2) is 60.2 Å². The number of benzene rings is 1. The first-order valence-corrected chi connectivity index (χ1v) is 9.46. The number of ether oxygens (including phenoxy) is 1. The maximum Gasteiger partial charge on any atom is 0.240 e. The molecule has 1 unspecified atom stereocenters. The van der Waals surface area contributed by atoms with Gasteiger partial charge in [0.1, 0.15) is 0 Å². The maximum absolute atomic E-state index is 11.9. The summed E-state index contributed by atoms with van der Waals surface area (Å²) in [7, 11) is 1.71. The Labute approximate surface area is 167 Å². The van der Waals surface area contributed by atoms with Crippen molar-refractivity contribution < 1.29 is 13.2 Å². The summed E-state index contributed by atoms with van der Waals surface area (Å²) in [5, 5.41) is 3.28. The smallest absolute Gasteiger partial charge is 0.240 e. The zero-order valence-electron chi connectivity index (χ0n) is 14.9. The lowest BCUT2D eigenvalue weighted by atomic mass is 10.1. The van der Waals surface area contributed by atoms with Crippen molar-refractivity contribution in [2.45, 2.75) is 17.9 Å². The van der Waals surface area contributed by atoms with Crippen molar-refractivity contribution in [3.63, 3.8) is 0 Å². The first kappa shape index (κ1) is 22.1. The van der Waals surface area contributed by atoms with Gasteiger partial charge in [-0.2, -0.15) is 0 Å². The molecule has 1 aromatic carbocycles. The Morgan fingerprint density at radius 1 is 1.44 bits per heavy atom. The van der Waals surface area contributed by atoms with Crippen molar-refractivity contribution in [2.24, 2.45) is 10.9 Å². The number of guanidine groups is 1. The lowest BCUT2D eigenvalue weighted by Gasteiger charge is -2.24. The van der Waals surface area contributed by atoms with Gasteiger partial charge in [0.2, 0.25) is 10.0 Å². The molecule has 0 saturated carbocycles. The van der Waals surface area contributed by atoms with E-state index in [0.717, 1.165) is 37.7 Å². The van der Waals surface area contributed by atoms with Crippen LogP contribution in [0.25, 0.3) is 0 Å². The molecule has 1 fully saturated rings. The molecule has 1 aliphatic heterocycles. The van der Waals surface area contributed by atoms with Gasteiger partial charge in [-0.15, -0.1) is 24.0 Å². The van der Waals surface area contributed by atoms with E-state index in [-0.39, 0.29) is 28.9 Å². The summed E-state index contributed by atoms with van der Waals surface area (Å²) in [6, 6.07) is 6.87. The second-order valence-corrected chi connectivity index (χ2v) is 7.75. The minimum absolute atomic E-state index is 0. The fraction of sp³-hybridized carbons (Fsp3) is 0.562. The Hall–Kier alpha value is -0.910. The van der Waals surface area contributed by atoms with Crippen molar-refractivity contribution in [1.29, 1.82) is 0 Å². The van der Waals surface area contributed by atoms with Crippen LogP contribution >= 0.6 is 24.0 Å². The number of nitrogens with zero attached hydrogens (tertiary/aromatic N) is 2. The van der Waals surface area contributed by atoms with Crippen LogP contribution in [-0.2, 0) is 21.3 Å². The minimum atomic E-state index is -3.43. The molecule has 1 saturated heterocycles. The summed E-state index contributed by atoms with van der Waals surface area (Å²) >= 11 is 0. The number of hydrogen-bond donors (Lipinski definition) is 2. The highest BCUT2D eigenvalue weighted by atomic mass is 127. The quantitative estimate of drug-likeness (QED) is 0.363. The average Bonchev–Trinajstić information content (AvgIpc) is 3.08. The standard InChI is InChI=1S/C16H26N4O3S.HI/c1-17-16(20(3)11-14-7-8-23-12-14)19-10-13-5-4-6-15(9-13)24(21,22)18-2;/h4-6,9,14,18H,7-8,10-12H2,1-3H3,(H,17,19);1H. The van der Waals surface area contributed by atoms with Crippen LogP contribution in [0.1, 0.15) is 12.0 Å². The molecule has 0 spiro atoms. The van der Waals surface area contributed by atoms with Crippen LogP contribution in [0.15, 0.2) is 34.2 Å². The molecule has 0 aromatic heterocycles. The SMILES string of the molecule is CN=C(NCc1cccc(S(=O)(=O)NC)c1)N(C)CC1CCOC1.I. The zero-order chi connectivity index (χ0) is 17.6. The number of rotatable bonds is 6. The van der Waals surface area contributed by atoms with Gasteiger partial charge in [0.05, 0.1) is 11.5 Å². The molecule has 0 amide bonds. The highest BCUT2D eigenvalue weighted by Crippen LogP contribution is 2.14. The molecule has 1 aliphatic rings. The zero-order valence-corrected chi connectivity index (χ0v) is 18.0. The molecule has 1 atom stereocenters. The predicted molar refractivity (Wildman–Crippen MR) is 110 cm³/mol. The maximum atomic E-state index is 11.9. The van der Waals surface area contributed by atoms with E-state index < -0.39 is 10.0 Å². The topological polar surface area (TPSA) is 83.0 Å². The van der Waals surface area contributed by atoms with E-state index in [2.05, 4.69) is 19.9 Å². The van der Waals surface area contributed by atoms with E-state index in [9.17, 15) is 8.42 Å². The molecular weight excluding hydrogens is 455 g/mol. The first-order chi connectivity index (χ1) is 11.5. The van der Waals surface area contributed by atoms with Crippen LogP contribution in [0, 0.1) is 5.92 Å². The van der Waals surface area contributed by atoms with Crippen LogP contribution in [0.5, 0.6) is 0 Å². The van der Waals surface area contributed by atoms with Gasteiger partial charge in [-0.25, -0.2) is 13.1 Å². The van der Waals surface area contributed by atoms with Gasteiger partial charge in [0.15, 0.2) is 5.96 Å². The third-order valence-electron chi connectivity index (χ3n) is 4.06. The summed E-state index contributed by atoms with van der Waals surface area (Å²) < 4.78 is 31.5. The molecule has 0 radical (unpaired) electrons. The van der Waals surface area contributed by atoms with Crippen molar-refractivity contribution in [2.75, 3.05) is 40.9 Å². The molecule has 7 nitrogen and oxygen atoms in total. The van der Waals surface area contributed by atoms with E-state index >= 15 is 0 Å². The second-order valence-electron chi connectivity index (χ2n) is 5.87. The molecule has 9 heteroatoms. The Morgan fingerprint density at radius 3 is 2.80 bits per heavy atom. The molecular formula is C16H27IN4O3S. The van der Waals surface area contributed by atoms with E-state index in [1.807, 2.05) is 13.1 Å². The molecule has 1 heterocycles. The van der Waals surface area contributed by atoms with Crippen LogP contribution in [0.2, 0.25) is 0 Å². The van der Waals surface area contributed by atoms with Gasteiger partial charge >= 0.3 is 0 Å². The van der Waals surface area contributed by atoms with Crippen molar-refractivity contribution >= 4 is 40.0 Å². The number of halogens is 1. The predicted octanol–water partition coefficient (Wildman–Crippen LogP) is 1.26. The van der Waals surface area contributed by atoms with Gasteiger partial charge in [-0.05, 0) is 31.2 Å². The minimum Gasteiger partial charge on any atom is -0.381 e. The molecule has 0 aliphatic carbocycles. The third-order valence-corrected chi connectivity index (χ3v) is 5.47. The number of hydrogen-bond acceptors (Lipinski definition) is 4. The number of sulfonamides is 1. The average molecular weight is 482 g/mol. The molecule has 2 N–H and O–H groups in total. The van der Waals surface area contributed by atoms with E-state index in [1.165, 1.54) is 7.05 Å². The highest BCUT2D eigenvalue weighted by Gasteiger charge is 2.19. The highest BCUT2D eigenvalue weighted by molar-refractivity contribution is 14.0. The molecule has 25 heavy (non-hydrogen) atoms. The normalized spacial score (nSPS) is 17.9. The van der Waals surface area contributed by atoms with Gasteiger partial charge < -0.3 is 15.0 Å². The van der Waals surface area contributed by atoms with Crippen molar-refractivity contribution in [1.82, 2.24) is 14.9 Å². The Kier molecular flexibility index (Phi) is 9.11. The largest absolute Gasteiger partial charge is 0.381 e. The summed E-state index contributed by atoms with van der Waals surface area (Å²) in [4.78, 5) is 6.63. The fourth-order valence-electron chi connectivity index (χ4n) is 2.71. The van der Waals surface area contributed by atoms with Gasteiger partial charge in [-0.3, -0.25) is 4.99 Å². The molecule has 142 valence electrons. The van der Waals surface area contributed by atoms with E-state index in [4.69, 9.17) is 4.74 Å². The summed E-state index contributed by atoms with van der Waals surface area (Å²) in [6.07, 6.45) is 1.07. The number of aliphatic imine (C=N–C) groups is 1. The molecule has 1 aromatic rings. The lowest BCUT2D eigenvalue weighted by Crippen LogP contribution is -2.41. The lowest BCUT2D eigenvalue weighted by molar-refractivity contribution is 0.181. The van der Waals surface area contributed by atoms with E-state index in [1.54, 1.807) is 25.2 Å².